The van der Waals surface area contributed by atoms with Gasteiger partial charge >= 0.3 is 17.1 Å². The maximum Gasteiger partial charge on any atom is 2.00 e. The van der Waals surface area contributed by atoms with Crippen molar-refractivity contribution in [1.29, 1.82) is 0 Å². The summed E-state index contributed by atoms with van der Waals surface area (Å²) in [7, 11) is 1.70. The molecule has 0 aliphatic rings. The van der Waals surface area contributed by atoms with Gasteiger partial charge in [0, 0.05) is 32.2 Å². The minimum Gasteiger partial charge on any atom is -0.549 e. The number of nitrogens with zero attached hydrogens (tertiary/aromatic N) is 2. The topological polar surface area (TPSA) is 234 Å². The first-order valence-electron chi connectivity index (χ1n) is 17.1. The third-order valence-corrected chi connectivity index (χ3v) is 8.63. The molecule has 0 aromatic heterocycles. The van der Waals surface area contributed by atoms with Crippen LogP contribution in [0.2, 0.25) is 0 Å². The Balaban J connectivity index is 0.00000148. The molecule has 0 saturated carbocycles. The van der Waals surface area contributed by atoms with Gasteiger partial charge in [-0.15, -0.1) is 0 Å². The normalized spacial score (nSPS) is 14.0. The van der Waals surface area contributed by atoms with Crippen LogP contribution >= 0.6 is 0 Å². The van der Waals surface area contributed by atoms with Crippen molar-refractivity contribution in [3.8, 4) is 0 Å². The van der Waals surface area contributed by atoms with Crippen LogP contribution in [-0.2, 0) is 26.7 Å². The first kappa shape index (κ1) is 48.8. The number of nitrogens with two attached hydrogens (primary N) is 1. The third-order valence-electron chi connectivity index (χ3n) is 8.63. The van der Waals surface area contributed by atoms with E-state index in [1.54, 1.807) is 12.4 Å². The molecule has 1 radical (unpaired) electrons. The number of rotatable bonds is 21. The van der Waals surface area contributed by atoms with Gasteiger partial charge in [-0.2, -0.15) is 0 Å². The third kappa shape index (κ3) is 15.0. The van der Waals surface area contributed by atoms with Crippen molar-refractivity contribution in [2.24, 2.45) is 0 Å². The molecule has 0 heterocycles. The molecule has 5 atom stereocenters. The molecule has 291 valence electrons. The van der Waals surface area contributed by atoms with E-state index in [4.69, 9.17) is 15.3 Å². The molecule has 0 spiro atoms. The zero-order valence-corrected chi connectivity index (χ0v) is 30.7. The van der Waals surface area contributed by atoms with Gasteiger partial charge in [-0.05, 0) is 60.0 Å². The Morgan fingerprint density at radius 2 is 1.38 bits per heavy atom. The molecular weight excluding hydrogens is 715 g/mol. The summed E-state index contributed by atoms with van der Waals surface area (Å²) < 4.78 is 0. The summed E-state index contributed by atoms with van der Waals surface area (Å²) in [6.07, 6.45) is -4.26. The number of fused-ring (bicyclic) bond motifs is 2. The van der Waals surface area contributed by atoms with Gasteiger partial charge in [0.1, 0.15) is 31.0 Å². The number of aliphatic hydroxyl groups excluding tert-OH is 5. The Bertz CT molecular complexity index is 1440. The Kier molecular flexibility index (Phi) is 24.1. The van der Waals surface area contributed by atoms with E-state index in [1.165, 1.54) is 4.90 Å². The van der Waals surface area contributed by atoms with Crippen molar-refractivity contribution in [2.75, 3.05) is 59.5 Å². The molecule has 3 rings (SSSR count). The quantitative estimate of drug-likeness (QED) is 0.0343. The fraction of sp³-hybridized carbons (Fsp3) is 0.541. The SMILES string of the molecule is C.CCN(CC)CCN(CC(=O)[O-])C(CCCCNC(=O)c1c2ccccc2cc2ccccc12)C(=O)[O-].C[NH2+]C[C@H](O)[C@@H](O)[C@H](O)[C@H](O)CO.[Mn+2]. The van der Waals surface area contributed by atoms with E-state index >= 15 is 0 Å². The van der Waals surface area contributed by atoms with Gasteiger partial charge in [0.25, 0.3) is 5.91 Å². The number of quaternary nitrogens is 1. The summed E-state index contributed by atoms with van der Waals surface area (Å²) >= 11 is 0. The monoisotopic (exact) mass is 772 g/mol. The van der Waals surface area contributed by atoms with Gasteiger partial charge < -0.3 is 60.9 Å². The second-order valence-corrected chi connectivity index (χ2v) is 12.1. The fourth-order valence-electron chi connectivity index (χ4n) is 5.73. The molecule has 8 N–H and O–H groups in total. The van der Waals surface area contributed by atoms with E-state index in [0.29, 0.717) is 38.0 Å². The Morgan fingerprint density at radius 3 is 1.87 bits per heavy atom. The van der Waals surface area contributed by atoms with Gasteiger partial charge in [0.05, 0.1) is 31.2 Å². The molecular formula is C37H57MnN4O10+. The number of carbonyl (C=O) groups is 3. The number of likely N-dealkylation sites (N-methyl/N-ethyl adjacent to an activating group) is 2. The zero-order valence-electron chi connectivity index (χ0n) is 29.5. The van der Waals surface area contributed by atoms with E-state index in [2.05, 4.69) is 16.3 Å². The largest absolute Gasteiger partial charge is 2.00 e. The number of aliphatic carboxylic acids is 2. The summed E-state index contributed by atoms with van der Waals surface area (Å²) in [5.41, 5.74) is 0.623. The molecule has 3 aromatic carbocycles. The van der Waals surface area contributed by atoms with Crippen molar-refractivity contribution in [2.45, 2.75) is 71.0 Å². The maximum absolute atomic E-state index is 13.2. The summed E-state index contributed by atoms with van der Waals surface area (Å²) in [5, 5.41) is 76.4. The van der Waals surface area contributed by atoms with Crippen LogP contribution in [0.3, 0.4) is 0 Å². The van der Waals surface area contributed by atoms with Crippen molar-refractivity contribution >= 4 is 39.4 Å². The number of carboxylic acid groups (broad SMARTS) is 2. The van der Waals surface area contributed by atoms with Gasteiger partial charge in [-0.1, -0.05) is 69.8 Å². The molecule has 3 aromatic rings. The Hall–Kier alpha value is -3.21. The fourth-order valence-corrected chi connectivity index (χ4v) is 5.73. The van der Waals surface area contributed by atoms with Crippen molar-refractivity contribution in [1.82, 2.24) is 15.1 Å². The van der Waals surface area contributed by atoms with Crippen molar-refractivity contribution < 1.29 is 72.5 Å². The Labute approximate surface area is 316 Å². The van der Waals surface area contributed by atoms with Crippen LogP contribution < -0.4 is 20.8 Å². The van der Waals surface area contributed by atoms with Crippen LogP contribution in [0.25, 0.3) is 21.5 Å². The number of nitrogens with one attached hydrogen (secondary N) is 1. The molecule has 14 nitrogen and oxygen atoms in total. The number of benzene rings is 3. The van der Waals surface area contributed by atoms with Crippen LogP contribution in [-0.4, -0.2) is 143 Å². The summed E-state index contributed by atoms with van der Waals surface area (Å²) in [6, 6.07) is 16.6. The van der Waals surface area contributed by atoms with Gasteiger partial charge in [0.15, 0.2) is 0 Å². The molecule has 52 heavy (non-hydrogen) atoms. The number of hydrogen-bond donors (Lipinski definition) is 7. The molecule has 0 saturated heterocycles. The number of aliphatic hydroxyl groups is 5. The standard InChI is InChI=1S/C29H37N3O5.C7H17NO5.CH4.Mn/c1-3-31(4-2)17-18-32(20-26(33)34)25(29(36)37)15-9-10-16-30-28(35)27-23-13-7-5-11-21(23)19-22-12-6-8-14-24(22)27;1-8-2-4(10)6(12)7(13)5(11)3-9;;/h5-8,11-14,19,25H,3-4,9-10,15-18,20H2,1-2H3,(H,30,35)(H,33,34)(H,36,37);4-13H,2-3H2,1H3;1H4;/q;;;+2/p-1/t;4-,5+,6+,7+;;/m.0../s1. The number of carboxylic acids is 2. The summed E-state index contributed by atoms with van der Waals surface area (Å²) in [5.74, 6) is -2.80. The summed E-state index contributed by atoms with van der Waals surface area (Å²) in [4.78, 5) is 39.8. The molecule has 15 heteroatoms. The average Bonchev–Trinajstić information content (AvgIpc) is 3.10. The molecule has 0 fully saturated rings. The van der Waals surface area contributed by atoms with Crippen molar-refractivity contribution in [3.05, 3.63) is 60.2 Å². The maximum atomic E-state index is 13.2. The van der Waals surface area contributed by atoms with E-state index < -0.39 is 55.5 Å². The predicted molar refractivity (Wildman–Crippen MR) is 191 cm³/mol. The van der Waals surface area contributed by atoms with Gasteiger partial charge in [-0.25, -0.2) is 0 Å². The van der Waals surface area contributed by atoms with Crippen LogP contribution in [0.1, 0.15) is 50.9 Å². The van der Waals surface area contributed by atoms with Crippen LogP contribution in [0.4, 0.5) is 0 Å². The Morgan fingerprint density at radius 1 is 0.846 bits per heavy atom. The minimum atomic E-state index is -1.53. The van der Waals surface area contributed by atoms with E-state index in [-0.39, 0.29) is 43.4 Å². The number of unbranched alkanes of at least 4 members (excludes halogenated alkanes) is 1. The average molecular weight is 773 g/mol. The van der Waals surface area contributed by atoms with E-state index in [0.717, 1.165) is 34.6 Å². The van der Waals surface area contributed by atoms with Crippen molar-refractivity contribution in [3.63, 3.8) is 0 Å². The second-order valence-electron chi connectivity index (χ2n) is 12.1. The van der Waals surface area contributed by atoms with Gasteiger partial charge in [-0.3, -0.25) is 9.69 Å². The number of carbonyl (C=O) groups excluding carboxylic acids is 3. The molecule has 0 aliphatic heterocycles. The zero-order chi connectivity index (χ0) is 37.2. The first-order valence-corrected chi connectivity index (χ1v) is 17.1. The smallest absolute Gasteiger partial charge is 0.549 e. The molecule has 1 amide bonds. The predicted octanol–water partition coefficient (Wildman–Crippen LogP) is -2.35. The van der Waals surface area contributed by atoms with E-state index in [9.17, 15) is 34.8 Å². The molecule has 0 aliphatic carbocycles. The number of amides is 1. The number of hydrogen-bond acceptors (Lipinski definition) is 12. The van der Waals surface area contributed by atoms with Gasteiger partial charge in [0.2, 0.25) is 0 Å². The van der Waals surface area contributed by atoms with Crippen LogP contribution in [0.5, 0.6) is 0 Å². The van der Waals surface area contributed by atoms with E-state index in [1.807, 2.05) is 62.4 Å². The molecule has 0 bridgehead atoms. The minimum absolute atomic E-state index is 0. The summed E-state index contributed by atoms with van der Waals surface area (Å²) in [6.45, 7) is 5.89. The van der Waals surface area contributed by atoms with Crippen LogP contribution in [0, 0.1) is 0 Å². The van der Waals surface area contributed by atoms with Crippen LogP contribution in [0.15, 0.2) is 54.6 Å². The first-order chi connectivity index (χ1) is 23.9. The molecule has 1 unspecified atom stereocenters. The second kappa shape index (κ2) is 25.7.